The van der Waals surface area contributed by atoms with E-state index >= 15 is 0 Å². The monoisotopic (exact) mass is 268 g/mol. The zero-order chi connectivity index (χ0) is 12.8. The molecule has 1 aliphatic rings. The molecule has 0 spiro atoms. The van der Waals surface area contributed by atoms with E-state index in [1.807, 2.05) is 12.1 Å². The summed E-state index contributed by atoms with van der Waals surface area (Å²) in [5.74, 6) is 2.06. The van der Waals surface area contributed by atoms with Crippen molar-refractivity contribution in [2.75, 3.05) is 19.5 Å². The summed E-state index contributed by atoms with van der Waals surface area (Å²) >= 11 is 1.79. The molecule has 0 amide bonds. The maximum atomic E-state index is 5.34. The van der Waals surface area contributed by atoms with Crippen LogP contribution < -0.4 is 5.32 Å². The molecule has 2 atom stereocenters. The highest BCUT2D eigenvalue weighted by atomic mass is 32.2. The van der Waals surface area contributed by atoms with Gasteiger partial charge < -0.3 is 14.5 Å². The molecule has 4 nitrogen and oxygen atoms in total. The van der Waals surface area contributed by atoms with E-state index in [2.05, 4.69) is 17.2 Å². The molecule has 0 saturated carbocycles. The summed E-state index contributed by atoms with van der Waals surface area (Å²) in [6, 6.07) is 4.66. The minimum atomic E-state index is 0.337. The summed E-state index contributed by atoms with van der Waals surface area (Å²) < 4.78 is 10.4. The van der Waals surface area contributed by atoms with Gasteiger partial charge in [0.1, 0.15) is 5.76 Å². The van der Waals surface area contributed by atoms with Crippen LogP contribution in [0.2, 0.25) is 0 Å². The molecule has 100 valence electrons. The highest BCUT2D eigenvalue weighted by molar-refractivity contribution is 8.14. The molecule has 0 fully saturated rings. The van der Waals surface area contributed by atoms with Crippen molar-refractivity contribution in [3.8, 4) is 0 Å². The first-order valence-corrected chi connectivity index (χ1v) is 7.25. The Labute approximate surface area is 112 Å². The first kappa shape index (κ1) is 13.5. The number of hydrogen-bond acceptors (Lipinski definition) is 5. The summed E-state index contributed by atoms with van der Waals surface area (Å²) in [6.45, 7) is 2.93. The third-order valence-corrected chi connectivity index (χ3v) is 3.87. The lowest BCUT2D eigenvalue weighted by Gasteiger charge is -2.12. The molecule has 0 bridgehead atoms. The van der Waals surface area contributed by atoms with Crippen molar-refractivity contribution in [1.29, 1.82) is 0 Å². The number of amidine groups is 1. The molecular formula is C13H20N2O2S. The van der Waals surface area contributed by atoms with Gasteiger partial charge in [-0.2, -0.15) is 0 Å². The van der Waals surface area contributed by atoms with Crippen LogP contribution in [-0.2, 0) is 11.2 Å². The average molecular weight is 268 g/mol. The Kier molecular flexibility index (Phi) is 5.13. The van der Waals surface area contributed by atoms with Gasteiger partial charge in [0.25, 0.3) is 0 Å². The molecule has 0 aromatic carbocycles. The van der Waals surface area contributed by atoms with Gasteiger partial charge in [-0.15, -0.1) is 0 Å². The molecule has 1 N–H and O–H groups in total. The van der Waals surface area contributed by atoms with E-state index in [9.17, 15) is 0 Å². The average Bonchev–Trinajstić information content (AvgIpc) is 2.98. The minimum Gasteiger partial charge on any atom is -0.469 e. The van der Waals surface area contributed by atoms with E-state index in [1.54, 1.807) is 25.1 Å². The fourth-order valence-electron chi connectivity index (χ4n) is 1.89. The molecule has 0 aliphatic carbocycles. The number of ether oxygens (including phenoxy) is 1. The van der Waals surface area contributed by atoms with Crippen molar-refractivity contribution in [2.24, 2.45) is 4.99 Å². The Morgan fingerprint density at radius 3 is 3.28 bits per heavy atom. The minimum absolute atomic E-state index is 0.337. The molecular weight excluding hydrogens is 248 g/mol. The van der Waals surface area contributed by atoms with Gasteiger partial charge in [0.05, 0.1) is 12.3 Å². The third-order valence-electron chi connectivity index (χ3n) is 2.82. The van der Waals surface area contributed by atoms with Crippen molar-refractivity contribution < 1.29 is 9.15 Å². The number of hydrogen-bond donors (Lipinski definition) is 1. The number of methoxy groups -OCH3 is 1. The zero-order valence-electron chi connectivity index (χ0n) is 10.9. The highest BCUT2D eigenvalue weighted by Gasteiger charge is 2.19. The molecule has 2 unspecified atom stereocenters. The fourth-order valence-corrected chi connectivity index (χ4v) is 2.99. The van der Waals surface area contributed by atoms with E-state index in [0.29, 0.717) is 12.1 Å². The van der Waals surface area contributed by atoms with E-state index in [1.165, 1.54) is 0 Å². The lowest BCUT2D eigenvalue weighted by molar-refractivity contribution is 0.190. The quantitative estimate of drug-likeness (QED) is 0.860. The molecule has 5 heteroatoms. The summed E-state index contributed by atoms with van der Waals surface area (Å²) in [7, 11) is 1.73. The Morgan fingerprint density at radius 1 is 1.67 bits per heavy atom. The van der Waals surface area contributed by atoms with Crippen LogP contribution in [0.4, 0.5) is 0 Å². The summed E-state index contributed by atoms with van der Waals surface area (Å²) in [4.78, 5) is 4.65. The molecule has 1 aliphatic heterocycles. The van der Waals surface area contributed by atoms with Gasteiger partial charge in [-0.05, 0) is 25.5 Å². The molecule has 1 aromatic heterocycles. The van der Waals surface area contributed by atoms with E-state index in [0.717, 1.165) is 36.1 Å². The van der Waals surface area contributed by atoms with Crippen LogP contribution in [0.3, 0.4) is 0 Å². The first-order chi connectivity index (χ1) is 8.78. The SMILES string of the molecule is COCCC1CSC(NC(C)Cc2ccco2)=N1. The van der Waals surface area contributed by atoms with Crippen molar-refractivity contribution in [3.05, 3.63) is 24.2 Å². The number of rotatable bonds is 6. The van der Waals surface area contributed by atoms with E-state index in [4.69, 9.17) is 9.15 Å². The van der Waals surface area contributed by atoms with Crippen LogP contribution in [0.1, 0.15) is 19.1 Å². The van der Waals surface area contributed by atoms with E-state index in [-0.39, 0.29) is 0 Å². The predicted octanol–water partition coefficient (Wildman–Crippen LogP) is 2.31. The van der Waals surface area contributed by atoms with Crippen molar-refractivity contribution >= 4 is 16.9 Å². The number of aliphatic imine (C=N–C) groups is 1. The van der Waals surface area contributed by atoms with Crippen molar-refractivity contribution in [1.82, 2.24) is 5.32 Å². The second-order valence-corrected chi connectivity index (χ2v) is 5.52. The van der Waals surface area contributed by atoms with Crippen LogP contribution in [0.15, 0.2) is 27.8 Å². The second-order valence-electron chi connectivity index (χ2n) is 4.51. The summed E-state index contributed by atoms with van der Waals surface area (Å²) in [6.07, 6.45) is 3.60. The molecule has 2 rings (SSSR count). The summed E-state index contributed by atoms with van der Waals surface area (Å²) in [5.41, 5.74) is 0. The molecule has 1 aromatic rings. The number of thioether (sulfide) groups is 1. The van der Waals surface area contributed by atoms with Crippen LogP contribution in [0.25, 0.3) is 0 Å². The maximum Gasteiger partial charge on any atom is 0.157 e. The van der Waals surface area contributed by atoms with Gasteiger partial charge in [-0.25, -0.2) is 0 Å². The van der Waals surface area contributed by atoms with Crippen LogP contribution >= 0.6 is 11.8 Å². The Hall–Kier alpha value is -0.940. The smallest absolute Gasteiger partial charge is 0.157 e. The number of nitrogens with one attached hydrogen (secondary N) is 1. The largest absolute Gasteiger partial charge is 0.469 e. The van der Waals surface area contributed by atoms with Crippen molar-refractivity contribution in [3.63, 3.8) is 0 Å². The van der Waals surface area contributed by atoms with Gasteiger partial charge in [-0.1, -0.05) is 11.8 Å². The Balaban J connectivity index is 1.75. The molecule has 2 heterocycles. The lowest BCUT2D eigenvalue weighted by Crippen LogP contribution is -2.31. The summed E-state index contributed by atoms with van der Waals surface area (Å²) in [5, 5.41) is 4.49. The number of furan rings is 1. The highest BCUT2D eigenvalue weighted by Crippen LogP contribution is 2.19. The number of nitrogens with zero attached hydrogens (tertiary/aromatic N) is 1. The topological polar surface area (TPSA) is 46.8 Å². The normalized spacial score (nSPS) is 20.8. The Morgan fingerprint density at radius 2 is 2.56 bits per heavy atom. The van der Waals surface area contributed by atoms with Gasteiger partial charge in [0.2, 0.25) is 0 Å². The second kappa shape index (κ2) is 6.85. The molecule has 18 heavy (non-hydrogen) atoms. The maximum absolute atomic E-state index is 5.34. The van der Waals surface area contributed by atoms with Crippen LogP contribution in [-0.4, -0.2) is 36.7 Å². The Bertz CT molecular complexity index is 378. The van der Waals surface area contributed by atoms with Crippen LogP contribution in [0, 0.1) is 0 Å². The van der Waals surface area contributed by atoms with Gasteiger partial charge in [0.15, 0.2) is 5.17 Å². The predicted molar refractivity (Wildman–Crippen MR) is 75.2 cm³/mol. The molecule has 0 radical (unpaired) electrons. The van der Waals surface area contributed by atoms with Crippen molar-refractivity contribution in [2.45, 2.75) is 31.8 Å². The van der Waals surface area contributed by atoms with Gasteiger partial charge >= 0.3 is 0 Å². The van der Waals surface area contributed by atoms with Gasteiger partial charge in [-0.3, -0.25) is 4.99 Å². The van der Waals surface area contributed by atoms with E-state index < -0.39 is 0 Å². The van der Waals surface area contributed by atoms with Crippen LogP contribution in [0.5, 0.6) is 0 Å². The third kappa shape index (κ3) is 4.07. The molecule has 0 saturated heterocycles. The first-order valence-electron chi connectivity index (χ1n) is 6.26. The van der Waals surface area contributed by atoms with Gasteiger partial charge in [0, 0.05) is 31.9 Å². The lowest BCUT2D eigenvalue weighted by atomic mass is 10.2. The zero-order valence-corrected chi connectivity index (χ0v) is 11.7. The fraction of sp³-hybridized carbons (Fsp3) is 0.615. The standard InChI is InChI=1S/C13H20N2O2S/c1-10(8-12-4-3-6-17-12)14-13-15-11(9-18-13)5-7-16-2/h3-4,6,10-11H,5,7-9H2,1-2H3,(H,14,15).